The van der Waals surface area contributed by atoms with Crippen LogP contribution in [0.1, 0.15) is 69.8 Å². The van der Waals surface area contributed by atoms with Crippen LogP contribution in [-0.4, -0.2) is 45.3 Å². The summed E-state index contributed by atoms with van der Waals surface area (Å²) in [5.41, 5.74) is -1.03. The number of aliphatic hydroxyl groups excluding tert-OH is 2. The molecular formula is C24H32O6. The van der Waals surface area contributed by atoms with E-state index in [1.54, 1.807) is 6.26 Å². The van der Waals surface area contributed by atoms with Crippen LogP contribution >= 0.6 is 0 Å². The molecule has 164 valence electrons. The summed E-state index contributed by atoms with van der Waals surface area (Å²) >= 11 is 0. The number of ether oxygens (including phenoxy) is 1. The van der Waals surface area contributed by atoms with Gasteiger partial charge in [-0.2, -0.15) is 0 Å². The van der Waals surface area contributed by atoms with Gasteiger partial charge >= 0.3 is 5.63 Å². The predicted octanol–water partition coefficient (Wildman–Crippen LogP) is 2.35. The molecule has 3 N–H and O–H groups in total. The quantitative estimate of drug-likeness (QED) is 0.640. The Morgan fingerprint density at radius 1 is 1.13 bits per heavy atom. The molecular weight excluding hydrogens is 384 g/mol. The third kappa shape index (κ3) is 2.11. The monoisotopic (exact) mass is 416 g/mol. The predicted molar refractivity (Wildman–Crippen MR) is 108 cm³/mol. The van der Waals surface area contributed by atoms with E-state index in [9.17, 15) is 20.1 Å². The van der Waals surface area contributed by atoms with Gasteiger partial charge in [-0.15, -0.1) is 0 Å². The molecule has 0 unspecified atom stereocenters. The van der Waals surface area contributed by atoms with Crippen LogP contribution in [0.2, 0.25) is 0 Å². The number of fused-ring (bicyclic) bond motifs is 3. The molecule has 0 aromatic carbocycles. The average Bonchev–Trinajstić information content (AvgIpc) is 3.38. The average molecular weight is 417 g/mol. The van der Waals surface area contributed by atoms with E-state index >= 15 is 0 Å². The molecule has 0 amide bonds. The molecule has 1 aromatic rings. The van der Waals surface area contributed by atoms with E-state index in [2.05, 4.69) is 6.92 Å². The maximum absolute atomic E-state index is 11.6. The largest absolute Gasteiger partial charge is 0.431 e. The Kier molecular flexibility index (Phi) is 3.88. The van der Waals surface area contributed by atoms with Crippen LogP contribution in [-0.2, 0) is 4.74 Å². The van der Waals surface area contributed by atoms with Crippen molar-refractivity contribution in [3.63, 3.8) is 0 Å². The molecule has 4 aliphatic carbocycles. The molecule has 9 atom stereocenters. The molecule has 6 nitrogen and oxygen atoms in total. The number of hydrogen-bond donors (Lipinski definition) is 3. The second-order valence-corrected chi connectivity index (χ2v) is 11.0. The van der Waals surface area contributed by atoms with Crippen LogP contribution in [0.3, 0.4) is 0 Å². The Labute approximate surface area is 176 Å². The first-order chi connectivity index (χ1) is 14.3. The van der Waals surface area contributed by atoms with Crippen LogP contribution in [0.25, 0.3) is 0 Å². The molecule has 6 heteroatoms. The van der Waals surface area contributed by atoms with Crippen molar-refractivity contribution in [3.05, 3.63) is 34.4 Å². The molecule has 1 saturated heterocycles. The highest BCUT2D eigenvalue weighted by Gasteiger charge is 2.81. The first-order valence-electron chi connectivity index (χ1n) is 11.6. The van der Waals surface area contributed by atoms with Crippen molar-refractivity contribution in [1.82, 2.24) is 0 Å². The zero-order valence-corrected chi connectivity index (χ0v) is 17.5. The van der Waals surface area contributed by atoms with Gasteiger partial charge in [0.15, 0.2) is 0 Å². The molecule has 6 rings (SSSR count). The first-order valence-corrected chi connectivity index (χ1v) is 11.6. The molecule has 1 spiro atoms. The van der Waals surface area contributed by atoms with Crippen molar-refractivity contribution in [2.75, 3.05) is 6.61 Å². The Morgan fingerprint density at radius 2 is 1.93 bits per heavy atom. The fourth-order valence-electron chi connectivity index (χ4n) is 8.87. The van der Waals surface area contributed by atoms with Gasteiger partial charge in [0.2, 0.25) is 0 Å². The normalized spacial score (nSPS) is 53.9. The zero-order valence-electron chi connectivity index (χ0n) is 17.5. The number of epoxide rings is 1. The van der Waals surface area contributed by atoms with Gasteiger partial charge in [0, 0.05) is 23.3 Å². The third-order valence-electron chi connectivity index (χ3n) is 10.3. The van der Waals surface area contributed by atoms with Crippen molar-refractivity contribution < 1.29 is 24.5 Å². The Balaban J connectivity index is 1.38. The van der Waals surface area contributed by atoms with Gasteiger partial charge in [0.1, 0.15) is 5.60 Å². The van der Waals surface area contributed by atoms with E-state index in [0.717, 1.165) is 31.2 Å². The molecule has 0 radical (unpaired) electrons. The van der Waals surface area contributed by atoms with Gasteiger partial charge in [-0.25, -0.2) is 4.79 Å². The molecule has 2 heterocycles. The molecule has 1 aromatic heterocycles. The minimum atomic E-state index is -0.990. The van der Waals surface area contributed by atoms with Gasteiger partial charge in [-0.3, -0.25) is 0 Å². The first kappa shape index (κ1) is 19.5. The maximum atomic E-state index is 11.6. The van der Waals surface area contributed by atoms with E-state index in [0.29, 0.717) is 37.5 Å². The highest BCUT2D eigenvalue weighted by atomic mass is 16.6. The summed E-state index contributed by atoms with van der Waals surface area (Å²) in [6.45, 7) is 2.31. The summed E-state index contributed by atoms with van der Waals surface area (Å²) < 4.78 is 11.7. The van der Waals surface area contributed by atoms with Crippen molar-refractivity contribution in [2.45, 2.75) is 87.6 Å². The third-order valence-corrected chi connectivity index (χ3v) is 10.3. The van der Waals surface area contributed by atoms with Crippen LogP contribution in [0, 0.1) is 22.7 Å². The minimum absolute atomic E-state index is 0.0257. The van der Waals surface area contributed by atoms with Crippen molar-refractivity contribution in [2.24, 2.45) is 22.7 Å². The van der Waals surface area contributed by atoms with E-state index in [1.165, 1.54) is 6.07 Å². The fraction of sp³-hybridized carbons (Fsp3) is 0.792. The highest BCUT2D eigenvalue weighted by molar-refractivity contribution is 5.35. The van der Waals surface area contributed by atoms with E-state index < -0.39 is 17.1 Å². The SMILES string of the molecule is C[C@]12CC[C@H]3[C@@H](CC[C@]4(O)C[C@@H](O)CC[C@]34CO)[C@]13O[C@@H]3C[C@@H]2c1ccc(=O)oc1. The lowest BCUT2D eigenvalue weighted by Crippen LogP contribution is -2.67. The topological polar surface area (TPSA) is 103 Å². The Bertz CT molecular complexity index is 908. The summed E-state index contributed by atoms with van der Waals surface area (Å²) in [4.78, 5) is 11.5. The lowest BCUT2D eigenvalue weighted by molar-refractivity contribution is -0.243. The number of aliphatic hydroxyl groups is 3. The molecule has 0 bridgehead atoms. The summed E-state index contributed by atoms with van der Waals surface area (Å²) in [5, 5.41) is 32.5. The maximum Gasteiger partial charge on any atom is 0.335 e. The second-order valence-electron chi connectivity index (χ2n) is 11.0. The summed E-state index contributed by atoms with van der Waals surface area (Å²) in [7, 11) is 0. The van der Waals surface area contributed by atoms with E-state index in [-0.39, 0.29) is 35.3 Å². The highest BCUT2D eigenvalue weighted by Crippen LogP contribution is 2.78. The van der Waals surface area contributed by atoms with Crippen molar-refractivity contribution in [3.8, 4) is 0 Å². The smallest absolute Gasteiger partial charge is 0.335 e. The van der Waals surface area contributed by atoms with E-state index in [1.807, 2.05) is 6.07 Å². The molecule has 4 saturated carbocycles. The zero-order chi connectivity index (χ0) is 20.9. The summed E-state index contributed by atoms with van der Waals surface area (Å²) in [6, 6.07) is 3.42. The van der Waals surface area contributed by atoms with E-state index in [4.69, 9.17) is 9.15 Å². The molecule has 30 heavy (non-hydrogen) atoms. The van der Waals surface area contributed by atoms with Gasteiger partial charge in [0.25, 0.3) is 0 Å². The van der Waals surface area contributed by atoms with Gasteiger partial charge in [-0.05, 0) is 74.3 Å². The van der Waals surface area contributed by atoms with Crippen LogP contribution in [0.15, 0.2) is 27.6 Å². The van der Waals surface area contributed by atoms with Gasteiger partial charge < -0.3 is 24.5 Å². The van der Waals surface area contributed by atoms with Gasteiger partial charge in [-0.1, -0.05) is 6.92 Å². The van der Waals surface area contributed by atoms with Gasteiger partial charge in [0.05, 0.1) is 30.7 Å². The van der Waals surface area contributed by atoms with Crippen LogP contribution in [0.4, 0.5) is 0 Å². The summed E-state index contributed by atoms with van der Waals surface area (Å²) in [6.07, 6.45) is 7.37. The molecule has 1 aliphatic heterocycles. The van der Waals surface area contributed by atoms with Crippen molar-refractivity contribution >= 4 is 0 Å². The Morgan fingerprint density at radius 3 is 2.67 bits per heavy atom. The fourth-order valence-corrected chi connectivity index (χ4v) is 8.87. The minimum Gasteiger partial charge on any atom is -0.431 e. The summed E-state index contributed by atoms with van der Waals surface area (Å²) in [5.74, 6) is 0.810. The number of rotatable bonds is 2. The Hall–Kier alpha value is -1.21. The number of hydrogen-bond acceptors (Lipinski definition) is 6. The van der Waals surface area contributed by atoms with Crippen molar-refractivity contribution in [1.29, 1.82) is 0 Å². The lowest BCUT2D eigenvalue weighted by atomic mass is 9.42. The van der Waals surface area contributed by atoms with Crippen LogP contribution in [0.5, 0.6) is 0 Å². The standard InChI is InChI=1S/C24H32O6/c1-21-7-5-16-17(6-9-23(28)11-15(26)4-8-22(16,23)13-25)24(21)19(30-24)10-18(21)14-2-3-20(27)29-12-14/h2-3,12,15-19,25-26,28H,4-11,13H2,1H3/t15-,16-,17+,18+,19+,21+,22-,23-,24+/m0/s1. The van der Waals surface area contributed by atoms with Crippen LogP contribution < -0.4 is 5.63 Å². The lowest BCUT2D eigenvalue weighted by Gasteiger charge is -2.64. The second kappa shape index (κ2) is 5.97. The molecule has 5 fully saturated rings. The molecule has 5 aliphatic rings.